The zero-order valence-corrected chi connectivity index (χ0v) is 15.6. The van der Waals surface area contributed by atoms with Gasteiger partial charge in [0.25, 0.3) is 0 Å². The third kappa shape index (κ3) is 4.63. The first kappa shape index (κ1) is 18.4. The van der Waals surface area contributed by atoms with E-state index in [2.05, 4.69) is 10.5 Å². The lowest BCUT2D eigenvalue weighted by Gasteiger charge is -2.11. The summed E-state index contributed by atoms with van der Waals surface area (Å²) < 4.78 is 33.7. The molecule has 1 aromatic carbocycles. The summed E-state index contributed by atoms with van der Waals surface area (Å²) in [4.78, 5) is 12.1. The molecule has 8 heteroatoms. The van der Waals surface area contributed by atoms with Crippen LogP contribution < -0.4 is 10.1 Å². The molecule has 0 bridgehead atoms. The lowest BCUT2D eigenvalue weighted by atomic mass is 10.1. The number of amides is 1. The number of hydrogen-bond acceptors (Lipinski definition) is 6. The molecule has 1 atom stereocenters. The molecule has 0 radical (unpaired) electrons. The number of sulfone groups is 1. The predicted octanol–water partition coefficient (Wildman–Crippen LogP) is 1.72. The highest BCUT2D eigenvalue weighted by Gasteiger charge is 2.28. The Balaban J connectivity index is 1.50. The number of nitrogens with one attached hydrogen (secondary N) is 1. The molecule has 140 valence electrons. The van der Waals surface area contributed by atoms with Gasteiger partial charge in [-0.2, -0.15) is 0 Å². The van der Waals surface area contributed by atoms with Crippen molar-refractivity contribution in [2.45, 2.75) is 39.3 Å². The minimum absolute atomic E-state index is 0.0349. The lowest BCUT2D eigenvalue weighted by Crippen LogP contribution is -2.36. The van der Waals surface area contributed by atoms with Crippen molar-refractivity contribution >= 4 is 15.7 Å². The van der Waals surface area contributed by atoms with Crippen LogP contribution in [0, 0.1) is 13.8 Å². The van der Waals surface area contributed by atoms with Gasteiger partial charge in [-0.25, -0.2) is 8.42 Å². The Morgan fingerprint density at radius 2 is 2.04 bits per heavy atom. The van der Waals surface area contributed by atoms with E-state index in [1.165, 1.54) is 0 Å². The van der Waals surface area contributed by atoms with Crippen LogP contribution in [0.2, 0.25) is 0 Å². The molecule has 1 N–H and O–H groups in total. The topological polar surface area (TPSA) is 98.5 Å². The summed E-state index contributed by atoms with van der Waals surface area (Å²) in [5, 5.41) is 6.68. The van der Waals surface area contributed by atoms with Gasteiger partial charge in [0, 0.05) is 6.04 Å². The third-order valence-electron chi connectivity index (χ3n) is 4.45. The van der Waals surface area contributed by atoms with Gasteiger partial charge < -0.3 is 14.6 Å². The number of hydrogen-bond donors (Lipinski definition) is 1. The molecule has 0 unspecified atom stereocenters. The quantitative estimate of drug-likeness (QED) is 0.822. The Labute approximate surface area is 152 Å². The second-order valence-electron chi connectivity index (χ2n) is 6.58. The molecule has 7 nitrogen and oxygen atoms in total. The molecule has 26 heavy (non-hydrogen) atoms. The molecule has 3 rings (SSSR count). The van der Waals surface area contributed by atoms with E-state index in [4.69, 9.17) is 9.26 Å². The summed E-state index contributed by atoms with van der Waals surface area (Å²) in [5.74, 6) is 1.44. The maximum absolute atomic E-state index is 12.1. The minimum Gasteiger partial charge on any atom is -0.489 e. The van der Waals surface area contributed by atoms with Crippen LogP contribution in [0.15, 0.2) is 28.8 Å². The maximum Gasteiger partial charge on any atom is 0.224 e. The van der Waals surface area contributed by atoms with E-state index in [1.54, 1.807) is 12.1 Å². The number of carbonyl (C=O) groups excluding carboxylic acids is 1. The van der Waals surface area contributed by atoms with E-state index < -0.39 is 9.84 Å². The van der Waals surface area contributed by atoms with Crippen molar-refractivity contribution in [1.29, 1.82) is 0 Å². The van der Waals surface area contributed by atoms with Gasteiger partial charge in [0.1, 0.15) is 18.1 Å². The van der Waals surface area contributed by atoms with E-state index in [9.17, 15) is 13.2 Å². The normalized spacial score (nSPS) is 18.6. The summed E-state index contributed by atoms with van der Waals surface area (Å²) in [7, 11) is -2.99. The summed E-state index contributed by atoms with van der Waals surface area (Å²) in [6.07, 6.45) is 0.698. The van der Waals surface area contributed by atoms with E-state index >= 15 is 0 Å². The molecule has 1 aromatic heterocycles. The Hall–Kier alpha value is -2.35. The Bertz CT molecular complexity index is 867. The Kier molecular flexibility index (Phi) is 5.31. The SMILES string of the molecule is Cc1noc(C)c1COc1ccc(CC(=O)N[C@@H]2CCS(=O)(=O)C2)cc1. The van der Waals surface area contributed by atoms with Gasteiger partial charge in [-0.1, -0.05) is 17.3 Å². The highest BCUT2D eigenvalue weighted by Crippen LogP contribution is 2.18. The van der Waals surface area contributed by atoms with Gasteiger partial charge in [0.2, 0.25) is 5.91 Å². The molecule has 2 aromatic rings. The number of ether oxygens (including phenoxy) is 1. The van der Waals surface area contributed by atoms with Gasteiger partial charge in [0.05, 0.1) is 29.2 Å². The molecule has 1 aliphatic heterocycles. The second-order valence-corrected chi connectivity index (χ2v) is 8.81. The number of benzene rings is 1. The molecular weight excluding hydrogens is 356 g/mol. The van der Waals surface area contributed by atoms with Crippen molar-refractivity contribution in [3.05, 3.63) is 46.8 Å². The van der Waals surface area contributed by atoms with Crippen LogP contribution >= 0.6 is 0 Å². The number of carbonyl (C=O) groups is 1. The summed E-state index contributed by atoms with van der Waals surface area (Å²) in [6, 6.07) is 6.99. The van der Waals surface area contributed by atoms with E-state index in [-0.39, 0.29) is 29.9 Å². The van der Waals surface area contributed by atoms with Crippen LogP contribution in [-0.2, 0) is 27.7 Å². The van der Waals surface area contributed by atoms with Gasteiger partial charge in [-0.15, -0.1) is 0 Å². The monoisotopic (exact) mass is 378 g/mol. The number of rotatable bonds is 6. The van der Waals surface area contributed by atoms with Gasteiger partial charge in [0.15, 0.2) is 9.84 Å². The maximum atomic E-state index is 12.1. The molecule has 0 spiro atoms. The van der Waals surface area contributed by atoms with Crippen LogP contribution in [-0.4, -0.2) is 37.0 Å². The second kappa shape index (κ2) is 7.49. The third-order valence-corrected chi connectivity index (χ3v) is 6.22. The summed E-state index contributed by atoms with van der Waals surface area (Å²) in [5.41, 5.74) is 2.58. The van der Waals surface area contributed by atoms with Crippen molar-refractivity contribution in [2.75, 3.05) is 11.5 Å². The van der Waals surface area contributed by atoms with Crippen molar-refractivity contribution < 1.29 is 22.5 Å². The molecule has 1 aliphatic rings. The van der Waals surface area contributed by atoms with E-state index in [0.29, 0.717) is 18.8 Å². The fourth-order valence-electron chi connectivity index (χ4n) is 2.94. The smallest absolute Gasteiger partial charge is 0.224 e. The fourth-order valence-corrected chi connectivity index (χ4v) is 4.61. The van der Waals surface area contributed by atoms with Crippen LogP contribution in [0.5, 0.6) is 5.75 Å². The predicted molar refractivity (Wildman–Crippen MR) is 95.7 cm³/mol. The number of aromatic nitrogens is 1. The Morgan fingerprint density at radius 1 is 1.31 bits per heavy atom. The summed E-state index contributed by atoms with van der Waals surface area (Å²) >= 11 is 0. The Morgan fingerprint density at radius 3 is 2.62 bits per heavy atom. The zero-order valence-electron chi connectivity index (χ0n) is 14.8. The highest BCUT2D eigenvalue weighted by molar-refractivity contribution is 7.91. The summed E-state index contributed by atoms with van der Waals surface area (Å²) in [6.45, 7) is 4.08. The fraction of sp³-hybridized carbons (Fsp3) is 0.444. The number of aryl methyl sites for hydroxylation is 2. The van der Waals surface area contributed by atoms with Crippen molar-refractivity contribution in [3.63, 3.8) is 0 Å². The van der Waals surface area contributed by atoms with Crippen LogP contribution in [0.3, 0.4) is 0 Å². The number of nitrogens with zero attached hydrogens (tertiary/aromatic N) is 1. The minimum atomic E-state index is -2.99. The van der Waals surface area contributed by atoms with Crippen molar-refractivity contribution in [3.8, 4) is 5.75 Å². The highest BCUT2D eigenvalue weighted by atomic mass is 32.2. The van der Waals surface area contributed by atoms with Crippen LogP contribution in [0.25, 0.3) is 0 Å². The molecular formula is C18H22N2O5S. The molecule has 0 aliphatic carbocycles. The molecule has 0 saturated carbocycles. The lowest BCUT2D eigenvalue weighted by molar-refractivity contribution is -0.121. The molecule has 1 saturated heterocycles. The largest absolute Gasteiger partial charge is 0.489 e. The molecule has 1 fully saturated rings. The average Bonchev–Trinajstić information content (AvgIpc) is 3.08. The average molecular weight is 378 g/mol. The van der Waals surface area contributed by atoms with Crippen molar-refractivity contribution in [1.82, 2.24) is 10.5 Å². The van der Waals surface area contributed by atoms with Gasteiger partial charge in [-0.3, -0.25) is 4.79 Å². The molecule has 1 amide bonds. The van der Waals surface area contributed by atoms with Crippen LogP contribution in [0.1, 0.15) is 29.0 Å². The van der Waals surface area contributed by atoms with Crippen molar-refractivity contribution in [2.24, 2.45) is 0 Å². The van der Waals surface area contributed by atoms with E-state index in [1.807, 2.05) is 26.0 Å². The standard InChI is InChI=1S/C18H22N2O5S/c1-12-17(13(2)25-20-12)10-24-16-5-3-14(4-6-16)9-18(21)19-15-7-8-26(22,23)11-15/h3-6,15H,7-11H2,1-2H3,(H,19,21)/t15-/m1/s1. The van der Waals surface area contributed by atoms with E-state index in [0.717, 1.165) is 22.6 Å². The molecule has 2 heterocycles. The van der Waals surface area contributed by atoms with Gasteiger partial charge in [-0.05, 0) is 38.0 Å². The zero-order chi connectivity index (χ0) is 18.7. The first-order valence-corrected chi connectivity index (χ1v) is 10.3. The first-order chi connectivity index (χ1) is 12.3. The van der Waals surface area contributed by atoms with Crippen LogP contribution in [0.4, 0.5) is 0 Å². The van der Waals surface area contributed by atoms with Gasteiger partial charge >= 0.3 is 0 Å². The first-order valence-electron chi connectivity index (χ1n) is 8.46.